The second-order valence-electron chi connectivity index (χ2n) is 4.36. The Morgan fingerprint density at radius 3 is 2.65 bits per heavy atom. The standard InChI is InChI=1S/C15H15ClN2OS/c1-9-6-7-13(19-2)12(8-9)18-11-5-3-4-10(16)14(11)15(17)20/h3-8,18H,1-2H3,(H2,17,20). The summed E-state index contributed by atoms with van der Waals surface area (Å²) in [6.07, 6.45) is 0. The fourth-order valence-electron chi connectivity index (χ4n) is 1.94. The first-order valence-electron chi connectivity index (χ1n) is 6.03. The van der Waals surface area contributed by atoms with E-state index in [1.54, 1.807) is 13.2 Å². The van der Waals surface area contributed by atoms with Crippen molar-refractivity contribution in [3.05, 3.63) is 52.5 Å². The first kappa shape index (κ1) is 14.6. The molecule has 2 aromatic carbocycles. The fourth-order valence-corrected chi connectivity index (χ4v) is 2.50. The van der Waals surface area contributed by atoms with Gasteiger partial charge in [-0.15, -0.1) is 0 Å². The molecule has 0 unspecified atom stereocenters. The molecule has 0 aliphatic heterocycles. The van der Waals surface area contributed by atoms with Gasteiger partial charge in [-0.2, -0.15) is 0 Å². The molecule has 0 saturated carbocycles. The molecule has 0 aliphatic carbocycles. The van der Waals surface area contributed by atoms with Crippen molar-refractivity contribution in [2.24, 2.45) is 5.73 Å². The summed E-state index contributed by atoms with van der Waals surface area (Å²) < 4.78 is 5.34. The van der Waals surface area contributed by atoms with E-state index >= 15 is 0 Å². The predicted octanol–water partition coefficient (Wildman–Crippen LogP) is 4.03. The van der Waals surface area contributed by atoms with Gasteiger partial charge in [0.2, 0.25) is 0 Å². The molecular weight excluding hydrogens is 292 g/mol. The van der Waals surface area contributed by atoms with Gasteiger partial charge in [-0.05, 0) is 36.8 Å². The van der Waals surface area contributed by atoms with Crippen molar-refractivity contribution in [3.8, 4) is 5.75 Å². The van der Waals surface area contributed by atoms with Gasteiger partial charge in [0.15, 0.2) is 0 Å². The maximum atomic E-state index is 6.16. The van der Waals surface area contributed by atoms with Gasteiger partial charge in [-0.25, -0.2) is 0 Å². The second-order valence-corrected chi connectivity index (χ2v) is 5.20. The summed E-state index contributed by atoms with van der Waals surface area (Å²) in [5.41, 5.74) is 9.09. The molecule has 0 fully saturated rings. The third kappa shape index (κ3) is 3.03. The highest BCUT2D eigenvalue weighted by atomic mass is 35.5. The van der Waals surface area contributed by atoms with Crippen LogP contribution in [0.4, 0.5) is 11.4 Å². The summed E-state index contributed by atoms with van der Waals surface area (Å²) in [6, 6.07) is 11.4. The van der Waals surface area contributed by atoms with Crippen LogP contribution in [0, 0.1) is 6.92 Å². The number of thiocarbonyl (C=S) groups is 1. The Balaban J connectivity index is 2.48. The molecule has 0 saturated heterocycles. The van der Waals surface area contributed by atoms with Gasteiger partial charge in [0.05, 0.1) is 29.1 Å². The summed E-state index contributed by atoms with van der Waals surface area (Å²) >= 11 is 11.2. The highest BCUT2D eigenvalue weighted by Crippen LogP contribution is 2.32. The Bertz CT molecular complexity index is 658. The van der Waals surface area contributed by atoms with E-state index in [-0.39, 0.29) is 4.99 Å². The minimum absolute atomic E-state index is 0.254. The number of rotatable bonds is 4. The maximum absolute atomic E-state index is 6.16. The molecule has 2 aromatic rings. The average molecular weight is 307 g/mol. The van der Waals surface area contributed by atoms with E-state index in [1.807, 2.05) is 37.3 Å². The molecule has 3 N–H and O–H groups in total. The molecule has 0 atom stereocenters. The number of nitrogens with one attached hydrogen (secondary N) is 1. The monoisotopic (exact) mass is 306 g/mol. The quantitative estimate of drug-likeness (QED) is 0.837. The van der Waals surface area contributed by atoms with Crippen LogP contribution in [-0.4, -0.2) is 12.1 Å². The fraction of sp³-hybridized carbons (Fsp3) is 0.133. The van der Waals surface area contributed by atoms with Crippen molar-refractivity contribution in [2.75, 3.05) is 12.4 Å². The van der Waals surface area contributed by atoms with Crippen LogP contribution in [0.5, 0.6) is 5.75 Å². The number of hydrogen-bond donors (Lipinski definition) is 2. The van der Waals surface area contributed by atoms with E-state index in [0.29, 0.717) is 10.6 Å². The lowest BCUT2D eigenvalue weighted by Gasteiger charge is -2.15. The number of methoxy groups -OCH3 is 1. The van der Waals surface area contributed by atoms with Crippen LogP contribution in [0.3, 0.4) is 0 Å². The van der Waals surface area contributed by atoms with E-state index in [9.17, 15) is 0 Å². The predicted molar refractivity (Wildman–Crippen MR) is 88.4 cm³/mol. The Morgan fingerprint density at radius 1 is 1.25 bits per heavy atom. The Kier molecular flexibility index (Phi) is 4.47. The number of benzene rings is 2. The molecule has 0 aromatic heterocycles. The highest BCUT2D eigenvalue weighted by Gasteiger charge is 2.11. The van der Waals surface area contributed by atoms with Crippen LogP contribution in [0.25, 0.3) is 0 Å². The van der Waals surface area contributed by atoms with Gasteiger partial charge in [0, 0.05) is 0 Å². The average Bonchev–Trinajstić information content (AvgIpc) is 2.38. The third-order valence-corrected chi connectivity index (χ3v) is 3.40. The zero-order valence-corrected chi connectivity index (χ0v) is 12.8. The Labute approximate surface area is 128 Å². The van der Waals surface area contributed by atoms with Crippen molar-refractivity contribution < 1.29 is 4.74 Å². The summed E-state index contributed by atoms with van der Waals surface area (Å²) in [5.74, 6) is 0.740. The molecule has 3 nitrogen and oxygen atoms in total. The lowest BCUT2D eigenvalue weighted by molar-refractivity contribution is 0.416. The first-order valence-corrected chi connectivity index (χ1v) is 6.81. The van der Waals surface area contributed by atoms with Crippen molar-refractivity contribution in [2.45, 2.75) is 6.92 Å². The van der Waals surface area contributed by atoms with Crippen molar-refractivity contribution in [1.29, 1.82) is 0 Å². The molecule has 0 bridgehead atoms. The van der Waals surface area contributed by atoms with Gasteiger partial charge < -0.3 is 15.8 Å². The SMILES string of the molecule is COc1ccc(C)cc1Nc1cccc(Cl)c1C(N)=S. The summed E-state index contributed by atoms with van der Waals surface area (Å²) in [7, 11) is 1.63. The van der Waals surface area contributed by atoms with Gasteiger partial charge in [-0.3, -0.25) is 0 Å². The highest BCUT2D eigenvalue weighted by molar-refractivity contribution is 7.80. The third-order valence-electron chi connectivity index (χ3n) is 2.88. The second kappa shape index (κ2) is 6.11. The lowest BCUT2D eigenvalue weighted by Crippen LogP contribution is -2.12. The molecule has 20 heavy (non-hydrogen) atoms. The van der Waals surface area contributed by atoms with E-state index in [0.717, 1.165) is 22.7 Å². The molecule has 104 valence electrons. The van der Waals surface area contributed by atoms with Crippen LogP contribution in [-0.2, 0) is 0 Å². The zero-order valence-electron chi connectivity index (χ0n) is 11.2. The lowest BCUT2D eigenvalue weighted by atomic mass is 10.1. The zero-order chi connectivity index (χ0) is 14.7. The number of ether oxygens (including phenoxy) is 1. The summed E-state index contributed by atoms with van der Waals surface area (Å²) in [4.78, 5) is 0.254. The van der Waals surface area contributed by atoms with Crippen LogP contribution >= 0.6 is 23.8 Å². The molecule has 0 heterocycles. The molecule has 0 amide bonds. The summed E-state index contributed by atoms with van der Waals surface area (Å²) in [6.45, 7) is 2.01. The Hall–Kier alpha value is -1.78. The van der Waals surface area contributed by atoms with Crippen LogP contribution in [0.1, 0.15) is 11.1 Å². The van der Waals surface area contributed by atoms with Gasteiger partial charge in [-0.1, -0.05) is 36.0 Å². The van der Waals surface area contributed by atoms with Crippen molar-refractivity contribution in [3.63, 3.8) is 0 Å². The largest absolute Gasteiger partial charge is 0.495 e. The molecular formula is C15H15ClN2OS. The minimum atomic E-state index is 0.254. The molecule has 0 aliphatic rings. The Morgan fingerprint density at radius 2 is 2.00 bits per heavy atom. The molecule has 5 heteroatoms. The smallest absolute Gasteiger partial charge is 0.142 e. The number of nitrogens with two attached hydrogens (primary N) is 1. The van der Waals surface area contributed by atoms with Crippen molar-refractivity contribution >= 4 is 40.2 Å². The van der Waals surface area contributed by atoms with Gasteiger partial charge >= 0.3 is 0 Å². The van der Waals surface area contributed by atoms with Crippen molar-refractivity contribution in [1.82, 2.24) is 0 Å². The topological polar surface area (TPSA) is 47.3 Å². The minimum Gasteiger partial charge on any atom is -0.495 e. The number of anilines is 2. The van der Waals surface area contributed by atoms with Crippen LogP contribution in [0.15, 0.2) is 36.4 Å². The van der Waals surface area contributed by atoms with E-state index in [1.165, 1.54) is 0 Å². The number of aryl methyl sites for hydroxylation is 1. The first-order chi connectivity index (χ1) is 9.52. The van der Waals surface area contributed by atoms with Gasteiger partial charge in [0.25, 0.3) is 0 Å². The molecule has 2 rings (SSSR count). The van der Waals surface area contributed by atoms with Crippen LogP contribution < -0.4 is 15.8 Å². The van der Waals surface area contributed by atoms with E-state index in [2.05, 4.69) is 5.32 Å². The van der Waals surface area contributed by atoms with Gasteiger partial charge in [0.1, 0.15) is 10.7 Å². The number of hydrogen-bond acceptors (Lipinski definition) is 3. The van der Waals surface area contributed by atoms with E-state index < -0.39 is 0 Å². The van der Waals surface area contributed by atoms with E-state index in [4.69, 9.17) is 34.3 Å². The normalized spacial score (nSPS) is 10.2. The molecule has 0 spiro atoms. The van der Waals surface area contributed by atoms with Crippen LogP contribution in [0.2, 0.25) is 5.02 Å². The molecule has 0 radical (unpaired) electrons. The summed E-state index contributed by atoms with van der Waals surface area (Å²) in [5, 5.41) is 3.80. The maximum Gasteiger partial charge on any atom is 0.142 e. The number of halogens is 1.